The fourth-order valence-corrected chi connectivity index (χ4v) is 4.77. The summed E-state index contributed by atoms with van der Waals surface area (Å²) in [7, 11) is -3.07. The van der Waals surface area contributed by atoms with E-state index < -0.39 is 10.0 Å². The van der Waals surface area contributed by atoms with Gasteiger partial charge in [-0.15, -0.1) is 0 Å². The zero-order valence-electron chi connectivity index (χ0n) is 17.1. The van der Waals surface area contributed by atoms with Gasteiger partial charge in [-0.3, -0.25) is 4.99 Å². The van der Waals surface area contributed by atoms with Crippen LogP contribution in [-0.4, -0.2) is 81.2 Å². The Labute approximate surface area is 160 Å². The van der Waals surface area contributed by atoms with Crippen LogP contribution in [0, 0.1) is 0 Å². The van der Waals surface area contributed by atoms with Crippen molar-refractivity contribution < 1.29 is 8.42 Å². The average Bonchev–Trinajstić information content (AvgIpc) is 2.61. The lowest BCUT2D eigenvalue weighted by Crippen LogP contribution is -2.50. The summed E-state index contributed by atoms with van der Waals surface area (Å²) in [5.74, 6) is 1.09. The number of hydrogen-bond acceptors (Lipinski definition) is 4. The molecule has 1 fully saturated rings. The Kier molecular flexibility index (Phi) is 11.2. The molecule has 0 aromatic heterocycles. The third-order valence-corrected chi connectivity index (χ3v) is 6.74. The fraction of sp³-hybridized carbons (Fsp3) is 0.944. The van der Waals surface area contributed by atoms with Crippen LogP contribution in [0.5, 0.6) is 0 Å². The molecule has 0 unspecified atom stereocenters. The van der Waals surface area contributed by atoms with E-state index in [9.17, 15) is 8.42 Å². The monoisotopic (exact) mass is 389 g/mol. The second-order valence-electron chi connectivity index (χ2n) is 6.83. The number of sulfonamides is 1. The number of piperidine rings is 1. The molecule has 7 nitrogen and oxygen atoms in total. The Hall–Kier alpha value is -0.860. The zero-order valence-corrected chi connectivity index (χ0v) is 17.9. The maximum Gasteiger partial charge on any atom is 0.214 e. The van der Waals surface area contributed by atoms with Crippen LogP contribution in [0.3, 0.4) is 0 Å². The van der Waals surface area contributed by atoms with Crippen molar-refractivity contribution in [2.75, 3.05) is 51.6 Å². The lowest BCUT2D eigenvalue weighted by atomic mass is 10.1. The van der Waals surface area contributed by atoms with Crippen molar-refractivity contribution in [3.05, 3.63) is 0 Å². The lowest BCUT2D eigenvalue weighted by Gasteiger charge is -2.32. The lowest BCUT2D eigenvalue weighted by molar-refractivity contribution is 0.296. The van der Waals surface area contributed by atoms with E-state index in [1.807, 2.05) is 6.92 Å². The van der Waals surface area contributed by atoms with Gasteiger partial charge in [-0.05, 0) is 45.7 Å². The van der Waals surface area contributed by atoms with Gasteiger partial charge in [-0.2, -0.15) is 0 Å². The van der Waals surface area contributed by atoms with Crippen molar-refractivity contribution in [2.45, 2.75) is 59.4 Å². The van der Waals surface area contributed by atoms with E-state index >= 15 is 0 Å². The van der Waals surface area contributed by atoms with Crippen molar-refractivity contribution in [3.63, 3.8) is 0 Å². The highest BCUT2D eigenvalue weighted by Crippen LogP contribution is 2.15. The molecule has 0 saturated carbocycles. The Morgan fingerprint density at radius 2 is 1.81 bits per heavy atom. The summed E-state index contributed by atoms with van der Waals surface area (Å²) in [6.07, 6.45) is 3.48. The maximum atomic E-state index is 12.2. The quantitative estimate of drug-likeness (QED) is 0.413. The van der Waals surface area contributed by atoms with E-state index in [1.165, 1.54) is 0 Å². The van der Waals surface area contributed by atoms with Gasteiger partial charge >= 0.3 is 0 Å². The van der Waals surface area contributed by atoms with E-state index in [1.54, 1.807) is 4.31 Å². The minimum Gasteiger partial charge on any atom is -0.357 e. The molecule has 0 atom stereocenters. The van der Waals surface area contributed by atoms with Crippen molar-refractivity contribution in [2.24, 2.45) is 4.99 Å². The SMILES string of the molecule is CCCN(CC)CCN=C(NCC)NC1CCN(S(=O)(=O)CCC)CC1. The van der Waals surface area contributed by atoms with E-state index in [2.05, 4.69) is 36.3 Å². The van der Waals surface area contributed by atoms with Gasteiger partial charge < -0.3 is 15.5 Å². The molecule has 1 aliphatic heterocycles. The van der Waals surface area contributed by atoms with Crippen LogP contribution in [0.4, 0.5) is 0 Å². The second kappa shape index (κ2) is 12.5. The van der Waals surface area contributed by atoms with Gasteiger partial charge in [0.2, 0.25) is 10.0 Å². The van der Waals surface area contributed by atoms with E-state index in [0.29, 0.717) is 19.5 Å². The molecular weight excluding hydrogens is 350 g/mol. The summed E-state index contributed by atoms with van der Waals surface area (Å²) >= 11 is 0. The first-order valence-corrected chi connectivity index (χ1v) is 11.8. The Morgan fingerprint density at radius 1 is 1.12 bits per heavy atom. The van der Waals surface area contributed by atoms with Crippen LogP contribution >= 0.6 is 0 Å². The molecule has 2 N–H and O–H groups in total. The number of rotatable bonds is 11. The van der Waals surface area contributed by atoms with Gasteiger partial charge in [-0.25, -0.2) is 12.7 Å². The normalized spacial score (nSPS) is 17.7. The van der Waals surface area contributed by atoms with Crippen LogP contribution in [0.2, 0.25) is 0 Å². The molecule has 1 rings (SSSR count). The number of nitrogens with one attached hydrogen (secondary N) is 2. The highest BCUT2D eigenvalue weighted by molar-refractivity contribution is 7.89. The molecule has 0 aromatic carbocycles. The van der Waals surface area contributed by atoms with Gasteiger partial charge in [-0.1, -0.05) is 20.8 Å². The minimum absolute atomic E-state index is 0.251. The molecule has 26 heavy (non-hydrogen) atoms. The van der Waals surface area contributed by atoms with E-state index in [4.69, 9.17) is 4.99 Å². The molecule has 0 bridgehead atoms. The van der Waals surface area contributed by atoms with Crippen LogP contribution in [0.1, 0.15) is 53.4 Å². The average molecular weight is 390 g/mol. The van der Waals surface area contributed by atoms with Gasteiger partial charge in [0.1, 0.15) is 0 Å². The predicted molar refractivity (Wildman–Crippen MR) is 110 cm³/mol. The number of aliphatic imine (C=N–C) groups is 1. The van der Waals surface area contributed by atoms with Crippen LogP contribution in [-0.2, 0) is 10.0 Å². The number of nitrogens with zero attached hydrogens (tertiary/aromatic N) is 3. The van der Waals surface area contributed by atoms with Gasteiger partial charge in [0, 0.05) is 32.2 Å². The van der Waals surface area contributed by atoms with Crippen molar-refractivity contribution in [3.8, 4) is 0 Å². The number of guanidine groups is 1. The second-order valence-corrected chi connectivity index (χ2v) is 8.92. The molecular formula is C18H39N5O2S. The maximum absolute atomic E-state index is 12.2. The molecule has 1 aliphatic rings. The predicted octanol–water partition coefficient (Wildman–Crippen LogP) is 1.48. The smallest absolute Gasteiger partial charge is 0.214 e. The molecule has 8 heteroatoms. The standard InChI is InChI=1S/C18H39N5O2S/c1-5-12-22(8-4)15-11-20-18(19-7-3)21-17-9-13-23(14-10-17)26(24,25)16-6-2/h17H,5-16H2,1-4H3,(H2,19,20,21). The fourth-order valence-electron chi connectivity index (χ4n) is 3.23. The van der Waals surface area contributed by atoms with Gasteiger partial charge in [0.25, 0.3) is 0 Å². The summed E-state index contributed by atoms with van der Waals surface area (Å²) in [6.45, 7) is 14.3. The zero-order chi connectivity index (χ0) is 19.4. The molecule has 0 radical (unpaired) electrons. The molecule has 0 aromatic rings. The highest BCUT2D eigenvalue weighted by atomic mass is 32.2. The molecule has 0 aliphatic carbocycles. The van der Waals surface area contributed by atoms with E-state index in [0.717, 1.165) is 57.9 Å². The third-order valence-electron chi connectivity index (χ3n) is 4.67. The molecule has 0 amide bonds. The largest absolute Gasteiger partial charge is 0.357 e. The first-order chi connectivity index (χ1) is 12.5. The van der Waals surface area contributed by atoms with Crippen LogP contribution in [0.25, 0.3) is 0 Å². The van der Waals surface area contributed by atoms with Crippen LogP contribution < -0.4 is 10.6 Å². The number of likely N-dealkylation sites (N-methyl/N-ethyl adjacent to an activating group) is 1. The topological polar surface area (TPSA) is 77.0 Å². The summed E-state index contributed by atoms with van der Waals surface area (Å²) in [4.78, 5) is 7.10. The molecule has 154 valence electrons. The van der Waals surface area contributed by atoms with E-state index in [-0.39, 0.29) is 11.8 Å². The summed E-state index contributed by atoms with van der Waals surface area (Å²) in [5.41, 5.74) is 0. The number of hydrogen-bond donors (Lipinski definition) is 2. The Balaban J connectivity index is 2.49. The van der Waals surface area contributed by atoms with Crippen molar-refractivity contribution >= 4 is 16.0 Å². The molecule has 1 heterocycles. The minimum atomic E-state index is -3.07. The van der Waals surface area contributed by atoms with Crippen LogP contribution in [0.15, 0.2) is 4.99 Å². The summed E-state index contributed by atoms with van der Waals surface area (Å²) in [5, 5.41) is 6.79. The third kappa shape index (κ3) is 8.22. The Morgan fingerprint density at radius 3 is 2.35 bits per heavy atom. The van der Waals surface area contributed by atoms with Crippen molar-refractivity contribution in [1.29, 1.82) is 0 Å². The molecule has 0 spiro atoms. The van der Waals surface area contributed by atoms with Crippen molar-refractivity contribution in [1.82, 2.24) is 19.8 Å². The van der Waals surface area contributed by atoms with Gasteiger partial charge in [0.15, 0.2) is 5.96 Å². The highest BCUT2D eigenvalue weighted by Gasteiger charge is 2.27. The Bertz CT molecular complexity index is 502. The summed E-state index contributed by atoms with van der Waals surface area (Å²) < 4.78 is 26.0. The van der Waals surface area contributed by atoms with Gasteiger partial charge in [0.05, 0.1) is 12.3 Å². The summed E-state index contributed by atoms with van der Waals surface area (Å²) in [6, 6.07) is 0.277. The first kappa shape index (κ1) is 23.2. The first-order valence-electron chi connectivity index (χ1n) is 10.2. The molecule has 1 saturated heterocycles.